The SMILES string of the molecule is CCc1nsc(S[C@@H]2CCN(C(C)C)C2=O)n1. The molecule has 2 heterocycles. The van der Waals surface area contributed by atoms with Gasteiger partial charge in [0.15, 0.2) is 4.34 Å². The van der Waals surface area contributed by atoms with E-state index < -0.39 is 0 Å². The molecule has 0 aliphatic carbocycles. The number of aromatic nitrogens is 2. The van der Waals surface area contributed by atoms with E-state index >= 15 is 0 Å². The van der Waals surface area contributed by atoms with E-state index in [9.17, 15) is 4.79 Å². The van der Waals surface area contributed by atoms with Gasteiger partial charge in [-0.3, -0.25) is 4.79 Å². The first-order valence-corrected chi connectivity index (χ1v) is 7.56. The Bertz CT molecular complexity index is 405. The van der Waals surface area contributed by atoms with Crippen LogP contribution in [0.15, 0.2) is 4.34 Å². The van der Waals surface area contributed by atoms with Gasteiger partial charge in [-0.1, -0.05) is 18.7 Å². The van der Waals surface area contributed by atoms with Gasteiger partial charge in [0, 0.05) is 19.0 Å². The van der Waals surface area contributed by atoms with Crippen LogP contribution in [0.1, 0.15) is 33.0 Å². The van der Waals surface area contributed by atoms with Gasteiger partial charge in [-0.05, 0) is 31.8 Å². The van der Waals surface area contributed by atoms with E-state index in [0.717, 1.165) is 29.6 Å². The van der Waals surface area contributed by atoms with Gasteiger partial charge in [0.2, 0.25) is 5.91 Å². The molecular formula is C11H17N3OS2. The molecule has 0 saturated carbocycles. The van der Waals surface area contributed by atoms with Crippen LogP contribution in [0.3, 0.4) is 0 Å². The molecule has 1 amide bonds. The first-order chi connectivity index (χ1) is 8.11. The number of likely N-dealkylation sites (tertiary alicyclic amines) is 1. The molecule has 0 unspecified atom stereocenters. The second kappa shape index (κ2) is 5.35. The highest BCUT2D eigenvalue weighted by Crippen LogP contribution is 2.32. The molecule has 94 valence electrons. The lowest BCUT2D eigenvalue weighted by Gasteiger charge is -2.20. The lowest BCUT2D eigenvalue weighted by Crippen LogP contribution is -2.34. The van der Waals surface area contributed by atoms with Gasteiger partial charge in [0.1, 0.15) is 5.82 Å². The normalized spacial score (nSPS) is 20.6. The standard InChI is InChI=1S/C11H17N3OS2/c1-4-9-12-11(17-13-9)16-8-5-6-14(7(2)3)10(8)15/h7-8H,4-6H2,1-3H3/t8-/m1/s1. The summed E-state index contributed by atoms with van der Waals surface area (Å²) in [5.41, 5.74) is 0. The molecule has 1 fully saturated rings. The maximum absolute atomic E-state index is 12.1. The molecule has 1 aromatic heterocycles. The van der Waals surface area contributed by atoms with Crippen molar-refractivity contribution >= 4 is 29.2 Å². The number of carbonyl (C=O) groups excluding carboxylic acids is 1. The van der Waals surface area contributed by atoms with Crippen LogP contribution in [0.25, 0.3) is 0 Å². The van der Waals surface area contributed by atoms with E-state index in [1.165, 1.54) is 11.5 Å². The van der Waals surface area contributed by atoms with Crippen molar-refractivity contribution in [2.24, 2.45) is 0 Å². The van der Waals surface area contributed by atoms with Crippen molar-refractivity contribution in [1.82, 2.24) is 14.3 Å². The monoisotopic (exact) mass is 271 g/mol. The largest absolute Gasteiger partial charge is 0.339 e. The average molecular weight is 271 g/mol. The summed E-state index contributed by atoms with van der Waals surface area (Å²) in [4.78, 5) is 18.4. The molecule has 1 atom stereocenters. The molecule has 1 aromatic rings. The molecule has 17 heavy (non-hydrogen) atoms. The Morgan fingerprint density at radius 3 is 2.88 bits per heavy atom. The summed E-state index contributed by atoms with van der Waals surface area (Å²) in [5.74, 6) is 1.13. The Labute approximate surface area is 110 Å². The molecule has 6 heteroatoms. The molecular weight excluding hydrogens is 254 g/mol. The minimum Gasteiger partial charge on any atom is -0.339 e. The quantitative estimate of drug-likeness (QED) is 0.842. The van der Waals surface area contributed by atoms with Crippen molar-refractivity contribution < 1.29 is 4.79 Å². The minimum atomic E-state index is 0.0371. The number of amides is 1. The molecule has 2 rings (SSSR count). The molecule has 0 bridgehead atoms. The van der Waals surface area contributed by atoms with E-state index in [1.54, 1.807) is 11.8 Å². The molecule has 1 saturated heterocycles. The van der Waals surface area contributed by atoms with Gasteiger partial charge in [-0.25, -0.2) is 4.98 Å². The highest BCUT2D eigenvalue weighted by Gasteiger charge is 2.34. The zero-order chi connectivity index (χ0) is 12.4. The number of thioether (sulfide) groups is 1. The molecule has 1 aliphatic heterocycles. The molecule has 0 radical (unpaired) electrons. The van der Waals surface area contributed by atoms with Gasteiger partial charge in [-0.2, -0.15) is 4.37 Å². The highest BCUT2D eigenvalue weighted by molar-refractivity contribution is 8.02. The predicted octanol–water partition coefficient (Wildman–Crippen LogP) is 2.20. The van der Waals surface area contributed by atoms with Gasteiger partial charge >= 0.3 is 0 Å². The van der Waals surface area contributed by atoms with Crippen molar-refractivity contribution in [3.8, 4) is 0 Å². The van der Waals surface area contributed by atoms with Crippen LogP contribution in [0.2, 0.25) is 0 Å². The van der Waals surface area contributed by atoms with E-state index in [-0.39, 0.29) is 11.2 Å². The number of carbonyl (C=O) groups is 1. The van der Waals surface area contributed by atoms with Crippen molar-refractivity contribution in [2.75, 3.05) is 6.54 Å². The Hall–Kier alpha value is -0.620. The van der Waals surface area contributed by atoms with Crippen LogP contribution >= 0.6 is 23.3 Å². The summed E-state index contributed by atoms with van der Waals surface area (Å²) < 4.78 is 5.16. The Morgan fingerprint density at radius 1 is 1.59 bits per heavy atom. The van der Waals surface area contributed by atoms with Crippen LogP contribution in [0.4, 0.5) is 0 Å². The van der Waals surface area contributed by atoms with Crippen LogP contribution < -0.4 is 0 Å². The van der Waals surface area contributed by atoms with E-state index in [2.05, 4.69) is 23.2 Å². The summed E-state index contributed by atoms with van der Waals surface area (Å²) in [6, 6.07) is 0.300. The molecule has 0 spiro atoms. The summed E-state index contributed by atoms with van der Waals surface area (Å²) >= 11 is 2.97. The summed E-state index contributed by atoms with van der Waals surface area (Å²) in [6.07, 6.45) is 1.77. The van der Waals surface area contributed by atoms with Crippen LogP contribution in [0.5, 0.6) is 0 Å². The zero-order valence-electron chi connectivity index (χ0n) is 10.3. The first kappa shape index (κ1) is 12.8. The fourth-order valence-electron chi connectivity index (χ4n) is 1.85. The minimum absolute atomic E-state index is 0.0371. The third kappa shape index (κ3) is 2.80. The first-order valence-electron chi connectivity index (χ1n) is 5.91. The molecule has 1 aliphatic rings. The van der Waals surface area contributed by atoms with Gasteiger partial charge in [0.05, 0.1) is 5.25 Å². The van der Waals surface area contributed by atoms with Crippen molar-refractivity contribution in [3.05, 3.63) is 5.82 Å². The Kier molecular flexibility index (Phi) is 4.04. The Balaban J connectivity index is 1.98. The topological polar surface area (TPSA) is 46.1 Å². The number of nitrogens with zero attached hydrogens (tertiary/aromatic N) is 3. The number of hydrogen-bond acceptors (Lipinski definition) is 5. The second-order valence-corrected chi connectivity index (χ2v) is 6.55. The highest BCUT2D eigenvalue weighted by atomic mass is 32.2. The Morgan fingerprint density at radius 2 is 2.35 bits per heavy atom. The molecule has 0 N–H and O–H groups in total. The van der Waals surface area contributed by atoms with Crippen molar-refractivity contribution in [1.29, 1.82) is 0 Å². The number of aryl methyl sites for hydroxylation is 1. The van der Waals surface area contributed by atoms with Crippen molar-refractivity contribution in [2.45, 2.75) is 49.2 Å². The maximum atomic E-state index is 12.1. The summed E-state index contributed by atoms with van der Waals surface area (Å²) in [7, 11) is 0. The van der Waals surface area contributed by atoms with E-state index in [0.29, 0.717) is 6.04 Å². The third-order valence-electron chi connectivity index (χ3n) is 2.82. The number of hydrogen-bond donors (Lipinski definition) is 0. The third-order valence-corrected chi connectivity index (χ3v) is 4.90. The smallest absolute Gasteiger partial charge is 0.236 e. The lowest BCUT2D eigenvalue weighted by atomic mass is 10.3. The maximum Gasteiger partial charge on any atom is 0.236 e. The van der Waals surface area contributed by atoms with Gasteiger partial charge in [-0.15, -0.1) is 0 Å². The van der Waals surface area contributed by atoms with Gasteiger partial charge < -0.3 is 4.90 Å². The second-order valence-electron chi connectivity index (χ2n) is 4.35. The number of rotatable bonds is 4. The van der Waals surface area contributed by atoms with E-state index in [1.807, 2.05) is 11.8 Å². The van der Waals surface area contributed by atoms with Crippen LogP contribution in [-0.4, -0.2) is 38.0 Å². The summed E-state index contributed by atoms with van der Waals surface area (Å²) in [5, 5.41) is 0.0371. The lowest BCUT2D eigenvalue weighted by molar-refractivity contribution is -0.128. The summed E-state index contributed by atoms with van der Waals surface area (Å²) in [6.45, 7) is 7.03. The average Bonchev–Trinajstić information content (AvgIpc) is 2.87. The van der Waals surface area contributed by atoms with Crippen LogP contribution in [-0.2, 0) is 11.2 Å². The fraction of sp³-hybridized carbons (Fsp3) is 0.727. The van der Waals surface area contributed by atoms with Crippen molar-refractivity contribution in [3.63, 3.8) is 0 Å². The predicted molar refractivity (Wildman–Crippen MR) is 70.4 cm³/mol. The van der Waals surface area contributed by atoms with Gasteiger partial charge in [0.25, 0.3) is 0 Å². The molecule has 0 aromatic carbocycles. The fourth-order valence-corrected chi connectivity index (χ4v) is 3.84. The van der Waals surface area contributed by atoms with E-state index in [4.69, 9.17) is 0 Å². The van der Waals surface area contributed by atoms with Crippen LogP contribution in [0, 0.1) is 0 Å². The molecule has 4 nitrogen and oxygen atoms in total. The zero-order valence-corrected chi connectivity index (χ0v) is 12.0.